The normalized spacial score (nSPS) is 12.5. The number of rotatable bonds is 9. The number of amides is 1. The van der Waals surface area contributed by atoms with Crippen molar-refractivity contribution in [2.75, 3.05) is 13.1 Å². The number of carbonyl (C=O) groups excluding carboxylic acids is 1. The van der Waals surface area contributed by atoms with E-state index in [0.29, 0.717) is 18.8 Å². The number of nitrogens with two attached hydrogens (primary N) is 1. The molecule has 0 radical (unpaired) electrons. The number of carbonyl (C=O) groups is 1. The van der Waals surface area contributed by atoms with Gasteiger partial charge in [-0.1, -0.05) is 18.9 Å². The minimum absolute atomic E-state index is 0.364. The van der Waals surface area contributed by atoms with E-state index in [1.165, 1.54) is 6.20 Å². The van der Waals surface area contributed by atoms with Crippen LogP contribution >= 0.6 is 15.9 Å². The quantitative estimate of drug-likeness (QED) is 0.398. The molecule has 1 amide bonds. The zero-order valence-corrected chi connectivity index (χ0v) is 19.4. The molecule has 2 aromatic rings. The molecule has 8 heteroatoms. The van der Waals surface area contributed by atoms with E-state index in [1.54, 1.807) is 12.4 Å². The summed E-state index contributed by atoms with van der Waals surface area (Å²) in [5.74, 6) is 0. The molecule has 0 spiro atoms. The highest BCUT2D eigenvalue weighted by Gasteiger charge is 2.15. The molecule has 0 unspecified atom stereocenters. The van der Waals surface area contributed by atoms with E-state index in [0.717, 1.165) is 46.8 Å². The summed E-state index contributed by atoms with van der Waals surface area (Å²) in [6.07, 6.45) is 8.53. The van der Waals surface area contributed by atoms with Crippen molar-refractivity contribution in [3.05, 3.63) is 40.8 Å². The van der Waals surface area contributed by atoms with Crippen LogP contribution in [0, 0.1) is 0 Å². The first-order valence-electron chi connectivity index (χ1n) is 10.1. The molecule has 30 heavy (non-hydrogen) atoms. The number of allylic oxidation sites excluding steroid dienone is 1. The highest BCUT2D eigenvalue weighted by Crippen LogP contribution is 2.22. The van der Waals surface area contributed by atoms with Crippen LogP contribution in [0.1, 0.15) is 52.1 Å². The second-order valence-electron chi connectivity index (χ2n) is 7.86. The van der Waals surface area contributed by atoms with Crippen molar-refractivity contribution < 1.29 is 9.53 Å². The molecule has 162 valence electrons. The molecule has 0 atom stereocenters. The summed E-state index contributed by atoms with van der Waals surface area (Å²) in [5.41, 5.74) is 8.35. The molecule has 7 nitrogen and oxygen atoms in total. The Morgan fingerprint density at radius 1 is 1.27 bits per heavy atom. The Balaban J connectivity index is 1.70. The lowest BCUT2D eigenvalue weighted by Gasteiger charge is -2.19. The molecule has 1 aromatic heterocycles. The first-order valence-corrected chi connectivity index (χ1v) is 10.9. The van der Waals surface area contributed by atoms with Gasteiger partial charge < -0.3 is 15.8 Å². The van der Waals surface area contributed by atoms with Crippen molar-refractivity contribution in [1.29, 1.82) is 0 Å². The number of alkyl carbamates (subject to hydrolysis) is 1. The highest BCUT2D eigenvalue weighted by molar-refractivity contribution is 9.10. The SMILES string of the molecule is CC(C)(C)OC(=O)NCCCCCCN=CC(=CN)c1cnc2cccc(Br)c2n1. The molecule has 2 rings (SSSR count). The van der Waals surface area contributed by atoms with Crippen LogP contribution in [0.4, 0.5) is 4.79 Å². The van der Waals surface area contributed by atoms with Crippen molar-refractivity contribution in [2.45, 2.75) is 52.1 Å². The van der Waals surface area contributed by atoms with Crippen LogP contribution in [-0.2, 0) is 4.74 Å². The monoisotopic (exact) mass is 475 g/mol. The lowest BCUT2D eigenvalue weighted by atomic mass is 10.2. The topological polar surface area (TPSA) is 102 Å². The van der Waals surface area contributed by atoms with Crippen LogP contribution < -0.4 is 11.1 Å². The molecule has 0 aliphatic heterocycles. The van der Waals surface area contributed by atoms with Gasteiger partial charge in [-0.2, -0.15) is 0 Å². The summed E-state index contributed by atoms with van der Waals surface area (Å²) in [6.45, 7) is 6.88. The molecule has 3 N–H and O–H groups in total. The Labute approximate surface area is 186 Å². The van der Waals surface area contributed by atoms with Crippen molar-refractivity contribution in [2.24, 2.45) is 10.7 Å². The number of aromatic nitrogens is 2. The largest absolute Gasteiger partial charge is 0.444 e. The summed E-state index contributed by atoms with van der Waals surface area (Å²) in [6, 6.07) is 5.78. The lowest BCUT2D eigenvalue weighted by Crippen LogP contribution is -2.32. The van der Waals surface area contributed by atoms with Crippen LogP contribution in [0.15, 0.2) is 40.1 Å². The smallest absolute Gasteiger partial charge is 0.407 e. The van der Waals surface area contributed by atoms with E-state index in [2.05, 4.69) is 36.2 Å². The number of hydrogen-bond acceptors (Lipinski definition) is 6. The number of benzene rings is 1. The van der Waals surface area contributed by atoms with Crippen LogP contribution in [0.5, 0.6) is 0 Å². The molecule has 0 aliphatic carbocycles. The third-order valence-electron chi connectivity index (χ3n) is 4.11. The fourth-order valence-electron chi connectivity index (χ4n) is 2.68. The van der Waals surface area contributed by atoms with E-state index in [-0.39, 0.29) is 6.09 Å². The Morgan fingerprint density at radius 3 is 2.77 bits per heavy atom. The number of fused-ring (bicyclic) bond motifs is 1. The molecule has 0 saturated carbocycles. The van der Waals surface area contributed by atoms with Gasteiger partial charge in [-0.3, -0.25) is 9.98 Å². The Bertz CT molecular complexity index is 906. The van der Waals surface area contributed by atoms with Gasteiger partial charge >= 0.3 is 6.09 Å². The second kappa shape index (κ2) is 11.6. The van der Waals surface area contributed by atoms with Gasteiger partial charge in [0.05, 0.1) is 17.4 Å². The first kappa shape index (κ1) is 23.8. The van der Waals surface area contributed by atoms with Crippen molar-refractivity contribution in [3.63, 3.8) is 0 Å². The van der Waals surface area contributed by atoms with Gasteiger partial charge in [-0.25, -0.2) is 9.78 Å². The van der Waals surface area contributed by atoms with E-state index >= 15 is 0 Å². The number of ether oxygens (including phenoxy) is 1. The number of hydrogen-bond donors (Lipinski definition) is 2. The average molecular weight is 476 g/mol. The average Bonchev–Trinajstić information content (AvgIpc) is 2.68. The second-order valence-corrected chi connectivity index (χ2v) is 8.72. The maximum Gasteiger partial charge on any atom is 0.407 e. The van der Waals surface area contributed by atoms with Gasteiger partial charge in [0.15, 0.2) is 0 Å². The molecule has 0 aliphatic rings. The summed E-state index contributed by atoms with van der Waals surface area (Å²) >= 11 is 3.50. The zero-order valence-electron chi connectivity index (χ0n) is 17.8. The van der Waals surface area contributed by atoms with Crippen LogP contribution in [-0.4, -0.2) is 41.0 Å². The number of halogens is 1. The lowest BCUT2D eigenvalue weighted by molar-refractivity contribution is 0.0527. The predicted molar refractivity (Wildman–Crippen MR) is 125 cm³/mol. The molecule has 1 aromatic carbocycles. The van der Waals surface area contributed by atoms with E-state index in [4.69, 9.17) is 10.5 Å². The summed E-state index contributed by atoms with van der Waals surface area (Å²) in [4.78, 5) is 25.1. The van der Waals surface area contributed by atoms with Crippen molar-refractivity contribution in [1.82, 2.24) is 15.3 Å². The molecular formula is C22H30BrN5O2. The van der Waals surface area contributed by atoms with Gasteiger partial charge in [0, 0.05) is 35.5 Å². The van der Waals surface area contributed by atoms with Gasteiger partial charge in [0.2, 0.25) is 0 Å². The van der Waals surface area contributed by atoms with Crippen LogP contribution in [0.25, 0.3) is 16.6 Å². The highest BCUT2D eigenvalue weighted by atomic mass is 79.9. The molecular weight excluding hydrogens is 446 g/mol. The maximum absolute atomic E-state index is 11.6. The van der Waals surface area contributed by atoms with E-state index in [9.17, 15) is 4.79 Å². The van der Waals surface area contributed by atoms with E-state index < -0.39 is 5.60 Å². The number of para-hydroxylation sites is 1. The van der Waals surface area contributed by atoms with Crippen LogP contribution in [0.2, 0.25) is 0 Å². The Hall–Kier alpha value is -2.48. The Morgan fingerprint density at radius 2 is 2.03 bits per heavy atom. The summed E-state index contributed by atoms with van der Waals surface area (Å²) in [7, 11) is 0. The van der Waals surface area contributed by atoms with E-state index in [1.807, 2.05) is 39.0 Å². The molecule has 0 saturated heterocycles. The van der Waals surface area contributed by atoms with Gasteiger partial charge in [-0.05, 0) is 61.7 Å². The summed E-state index contributed by atoms with van der Waals surface area (Å²) < 4.78 is 6.09. The molecule has 0 bridgehead atoms. The van der Waals surface area contributed by atoms with Crippen LogP contribution in [0.3, 0.4) is 0 Å². The number of nitrogens with one attached hydrogen (secondary N) is 1. The fraction of sp³-hybridized carbons (Fsp3) is 0.455. The molecule has 0 fully saturated rings. The van der Waals surface area contributed by atoms with Gasteiger partial charge in [-0.15, -0.1) is 0 Å². The van der Waals surface area contributed by atoms with Crippen molar-refractivity contribution >= 4 is 44.8 Å². The van der Waals surface area contributed by atoms with Gasteiger partial charge in [0.1, 0.15) is 11.1 Å². The molecule has 1 heterocycles. The maximum atomic E-state index is 11.6. The third-order valence-corrected chi connectivity index (χ3v) is 4.75. The first-order chi connectivity index (χ1) is 14.3. The summed E-state index contributed by atoms with van der Waals surface area (Å²) in [5, 5.41) is 2.77. The Kier molecular flexibility index (Phi) is 9.23. The number of aliphatic imine (C=N–C) groups is 1. The fourth-order valence-corrected chi connectivity index (χ4v) is 3.13. The number of unbranched alkanes of at least 4 members (excludes halogenated alkanes) is 3. The van der Waals surface area contributed by atoms with Crippen molar-refractivity contribution in [3.8, 4) is 0 Å². The standard InChI is InChI=1S/C22H30BrN5O2/c1-22(2,3)30-21(29)26-12-7-5-4-6-11-25-14-16(13-24)19-15-27-18-10-8-9-17(23)20(18)28-19/h8-10,13-15H,4-7,11-12,24H2,1-3H3,(H,26,29). The zero-order chi connectivity index (χ0) is 22.0. The predicted octanol–water partition coefficient (Wildman–Crippen LogP) is 4.85. The minimum atomic E-state index is -0.464. The van der Waals surface area contributed by atoms with Gasteiger partial charge in [0.25, 0.3) is 0 Å². The minimum Gasteiger partial charge on any atom is -0.444 e. The third kappa shape index (κ3) is 8.10. The number of nitrogens with zero attached hydrogens (tertiary/aromatic N) is 3.